The molecule has 0 bridgehead atoms. The number of carbonyl (C=O) groups excluding carboxylic acids is 1. The number of amides is 1. The minimum Gasteiger partial charge on any atom is -0.497 e. The molecule has 0 radical (unpaired) electrons. The van der Waals surface area contributed by atoms with Crippen LogP contribution in [0.3, 0.4) is 0 Å². The topological polar surface area (TPSA) is 157 Å². The summed E-state index contributed by atoms with van der Waals surface area (Å²) in [5, 5.41) is 5.74. The van der Waals surface area contributed by atoms with Gasteiger partial charge >= 0.3 is 0 Å². The van der Waals surface area contributed by atoms with E-state index in [0.717, 1.165) is 0 Å². The van der Waals surface area contributed by atoms with E-state index in [2.05, 4.69) is 35.3 Å². The molecule has 0 fully saturated rings. The Kier molecular flexibility index (Phi) is 7.37. The quantitative estimate of drug-likeness (QED) is 0.239. The van der Waals surface area contributed by atoms with Crippen LogP contribution in [0.2, 0.25) is 0 Å². The lowest BCUT2D eigenvalue weighted by molar-refractivity contribution is 0.102. The minimum atomic E-state index is -4.17. The first kappa shape index (κ1) is 26.3. The normalized spacial score (nSPS) is 11.1. The molecule has 0 aliphatic rings. The maximum Gasteiger partial charge on any atom is 0.275 e. The van der Waals surface area contributed by atoms with Crippen molar-refractivity contribution in [2.45, 2.75) is 4.90 Å². The Bertz CT molecular complexity index is 1780. The molecular weight excluding hydrogens is 534 g/mol. The van der Waals surface area contributed by atoms with Crippen LogP contribution >= 0.6 is 0 Å². The number of para-hydroxylation sites is 2. The van der Waals surface area contributed by atoms with Gasteiger partial charge in [0, 0.05) is 42.0 Å². The predicted molar refractivity (Wildman–Crippen MR) is 150 cm³/mol. The fourth-order valence-corrected chi connectivity index (χ4v) is 4.77. The molecule has 1 amide bonds. The summed E-state index contributed by atoms with van der Waals surface area (Å²) in [5.74, 6) is 0.645. The van der Waals surface area contributed by atoms with Crippen LogP contribution < -0.4 is 24.8 Å². The van der Waals surface area contributed by atoms with Crippen molar-refractivity contribution >= 4 is 50.0 Å². The molecule has 5 aromatic rings. The van der Waals surface area contributed by atoms with Gasteiger partial charge in [0.25, 0.3) is 15.9 Å². The molecule has 0 aliphatic carbocycles. The molecule has 202 valence electrons. The van der Waals surface area contributed by atoms with Gasteiger partial charge in [-0.3, -0.25) is 14.5 Å². The third-order valence-electron chi connectivity index (χ3n) is 5.61. The first-order chi connectivity index (χ1) is 19.3. The van der Waals surface area contributed by atoms with Crippen molar-refractivity contribution in [3.63, 3.8) is 0 Å². The number of anilines is 4. The second-order valence-electron chi connectivity index (χ2n) is 8.31. The molecule has 0 saturated carbocycles. The Balaban J connectivity index is 1.48. The number of fused-ring (bicyclic) bond motifs is 1. The van der Waals surface area contributed by atoms with Crippen LogP contribution in [-0.4, -0.2) is 48.5 Å². The van der Waals surface area contributed by atoms with Crippen molar-refractivity contribution < 1.29 is 22.7 Å². The van der Waals surface area contributed by atoms with Crippen molar-refractivity contribution in [1.29, 1.82) is 0 Å². The molecular formula is C27H23N7O5S. The number of carbonyl (C=O) groups is 1. The highest BCUT2D eigenvalue weighted by Crippen LogP contribution is 2.31. The van der Waals surface area contributed by atoms with E-state index in [9.17, 15) is 13.2 Å². The fourth-order valence-electron chi connectivity index (χ4n) is 3.71. The lowest BCUT2D eigenvalue weighted by atomic mass is 10.2. The number of nitrogens with one attached hydrogen (secondary N) is 3. The number of ether oxygens (including phenoxy) is 2. The van der Waals surface area contributed by atoms with E-state index in [1.165, 1.54) is 51.0 Å². The molecule has 0 saturated heterocycles. The molecule has 12 nitrogen and oxygen atoms in total. The van der Waals surface area contributed by atoms with E-state index in [1.54, 1.807) is 48.5 Å². The third kappa shape index (κ3) is 5.89. The van der Waals surface area contributed by atoms with E-state index in [-0.39, 0.29) is 27.9 Å². The Labute approximate surface area is 229 Å². The van der Waals surface area contributed by atoms with Gasteiger partial charge in [-0.05, 0) is 30.3 Å². The van der Waals surface area contributed by atoms with E-state index in [0.29, 0.717) is 28.2 Å². The number of aromatic nitrogens is 4. The van der Waals surface area contributed by atoms with Crippen molar-refractivity contribution in [1.82, 2.24) is 19.9 Å². The predicted octanol–water partition coefficient (Wildman–Crippen LogP) is 4.23. The second kappa shape index (κ2) is 11.2. The Morgan fingerprint density at radius 2 is 1.50 bits per heavy atom. The van der Waals surface area contributed by atoms with Crippen LogP contribution in [0.1, 0.15) is 10.5 Å². The van der Waals surface area contributed by atoms with Crippen molar-refractivity contribution in [3.8, 4) is 11.5 Å². The van der Waals surface area contributed by atoms with Gasteiger partial charge < -0.3 is 20.1 Å². The van der Waals surface area contributed by atoms with Gasteiger partial charge in [0.05, 0.1) is 36.3 Å². The summed E-state index contributed by atoms with van der Waals surface area (Å²) in [7, 11) is -1.12. The van der Waals surface area contributed by atoms with E-state index in [4.69, 9.17) is 9.47 Å². The summed E-state index contributed by atoms with van der Waals surface area (Å²) in [6.07, 6.45) is 4.14. The number of sulfonamides is 1. The smallest absolute Gasteiger partial charge is 0.275 e. The molecule has 2 heterocycles. The molecule has 3 N–H and O–H groups in total. The zero-order valence-electron chi connectivity index (χ0n) is 21.3. The summed E-state index contributed by atoms with van der Waals surface area (Å²) in [6.45, 7) is 0. The summed E-state index contributed by atoms with van der Waals surface area (Å²) in [4.78, 5) is 29.3. The Morgan fingerprint density at radius 3 is 2.15 bits per heavy atom. The van der Waals surface area contributed by atoms with Crippen LogP contribution in [0.4, 0.5) is 23.0 Å². The zero-order chi connectivity index (χ0) is 28.1. The van der Waals surface area contributed by atoms with Crippen LogP contribution in [-0.2, 0) is 10.0 Å². The van der Waals surface area contributed by atoms with Crippen LogP contribution in [0.25, 0.3) is 11.0 Å². The monoisotopic (exact) mass is 557 g/mol. The Hall–Kier alpha value is -5.30. The van der Waals surface area contributed by atoms with Gasteiger partial charge in [0.15, 0.2) is 11.6 Å². The fraction of sp³-hybridized carbons (Fsp3) is 0.0741. The first-order valence-electron chi connectivity index (χ1n) is 11.8. The first-order valence-corrected chi connectivity index (χ1v) is 13.3. The second-order valence-corrected chi connectivity index (χ2v) is 10.00. The third-order valence-corrected chi connectivity index (χ3v) is 6.95. The molecule has 3 aromatic carbocycles. The average molecular weight is 558 g/mol. The van der Waals surface area contributed by atoms with Crippen molar-refractivity contribution in [3.05, 3.63) is 91.0 Å². The number of methoxy groups -OCH3 is 2. The number of nitrogens with zero attached hydrogens (tertiary/aromatic N) is 4. The average Bonchev–Trinajstić information content (AvgIpc) is 2.97. The lowest BCUT2D eigenvalue weighted by Gasteiger charge is -2.15. The highest BCUT2D eigenvalue weighted by molar-refractivity contribution is 7.92. The Morgan fingerprint density at radius 1 is 0.800 bits per heavy atom. The maximum atomic E-state index is 13.5. The highest BCUT2D eigenvalue weighted by Gasteiger charge is 2.20. The van der Waals surface area contributed by atoms with Crippen LogP contribution in [0, 0.1) is 0 Å². The molecule has 0 aliphatic heterocycles. The van der Waals surface area contributed by atoms with Crippen molar-refractivity contribution in [2.75, 3.05) is 29.6 Å². The largest absolute Gasteiger partial charge is 0.497 e. The number of rotatable bonds is 9. The lowest BCUT2D eigenvalue weighted by Crippen LogP contribution is -2.17. The SMILES string of the molecule is COc1cc(Nc2nc3ccccc3nc2NS(=O)(=O)c2cccc(NC(=O)c3cnccn3)c2)cc(OC)c1. The number of hydrogen-bond donors (Lipinski definition) is 3. The van der Waals surface area contributed by atoms with Gasteiger partial charge in [-0.25, -0.2) is 23.4 Å². The van der Waals surface area contributed by atoms with Crippen molar-refractivity contribution in [2.24, 2.45) is 0 Å². The highest BCUT2D eigenvalue weighted by atomic mass is 32.2. The van der Waals surface area contributed by atoms with Gasteiger partial charge in [-0.15, -0.1) is 0 Å². The summed E-state index contributed by atoms with van der Waals surface area (Å²) in [6, 6.07) is 18.0. The van der Waals surface area contributed by atoms with Gasteiger partial charge in [-0.2, -0.15) is 0 Å². The molecule has 0 spiro atoms. The van der Waals surface area contributed by atoms with E-state index in [1.807, 2.05) is 0 Å². The molecule has 40 heavy (non-hydrogen) atoms. The van der Waals surface area contributed by atoms with E-state index < -0.39 is 15.9 Å². The van der Waals surface area contributed by atoms with Gasteiger partial charge in [-0.1, -0.05) is 18.2 Å². The molecule has 5 rings (SSSR count). The van der Waals surface area contributed by atoms with Crippen LogP contribution in [0.15, 0.2) is 90.2 Å². The summed E-state index contributed by atoms with van der Waals surface area (Å²) < 4.78 is 40.1. The maximum absolute atomic E-state index is 13.5. The summed E-state index contributed by atoms with van der Waals surface area (Å²) in [5.41, 5.74) is 1.92. The molecule has 0 atom stereocenters. The van der Waals surface area contributed by atoms with E-state index >= 15 is 0 Å². The van der Waals surface area contributed by atoms with Gasteiger partial charge in [0.1, 0.15) is 17.2 Å². The van der Waals surface area contributed by atoms with Gasteiger partial charge in [0.2, 0.25) is 0 Å². The standard InChI is InChI=1S/C27H23N7O5S/c1-38-19-12-18(13-20(15-19)39-2)30-25-26(33-23-9-4-3-8-22(23)32-25)34-40(36,37)21-7-5-6-17(14-21)31-27(35)24-16-28-10-11-29-24/h3-16H,1-2H3,(H,30,32)(H,31,35)(H,33,34). The summed E-state index contributed by atoms with van der Waals surface area (Å²) >= 11 is 0. The molecule has 0 unspecified atom stereocenters. The number of hydrogen-bond acceptors (Lipinski definition) is 10. The van der Waals surface area contributed by atoms with Crippen LogP contribution in [0.5, 0.6) is 11.5 Å². The minimum absolute atomic E-state index is 0.0329. The zero-order valence-corrected chi connectivity index (χ0v) is 22.1. The molecule has 2 aromatic heterocycles. The molecule has 13 heteroatoms. The number of benzene rings is 3.